The van der Waals surface area contributed by atoms with Crippen molar-refractivity contribution in [3.63, 3.8) is 0 Å². The molecular formula is C23H27N3O4S2. The van der Waals surface area contributed by atoms with Gasteiger partial charge in [-0.05, 0) is 36.8 Å². The van der Waals surface area contributed by atoms with Gasteiger partial charge in [0.25, 0.3) is 5.91 Å². The highest BCUT2D eigenvalue weighted by molar-refractivity contribution is 8.00. The molecule has 1 saturated heterocycles. The Kier molecular flexibility index (Phi) is 6.60. The number of sulfonamides is 1. The molecule has 32 heavy (non-hydrogen) atoms. The zero-order chi connectivity index (χ0) is 22.9. The van der Waals surface area contributed by atoms with Gasteiger partial charge in [-0.25, -0.2) is 8.42 Å². The fourth-order valence-corrected chi connectivity index (χ4v) is 6.62. The summed E-state index contributed by atoms with van der Waals surface area (Å²) in [5, 5.41) is 0.384. The number of piperazine rings is 1. The van der Waals surface area contributed by atoms with E-state index in [4.69, 9.17) is 0 Å². The van der Waals surface area contributed by atoms with Crippen molar-refractivity contribution in [2.45, 2.75) is 35.3 Å². The van der Waals surface area contributed by atoms with Gasteiger partial charge >= 0.3 is 0 Å². The van der Waals surface area contributed by atoms with Crippen LogP contribution in [0.25, 0.3) is 0 Å². The van der Waals surface area contributed by atoms with Gasteiger partial charge in [-0.3, -0.25) is 9.59 Å². The lowest BCUT2D eigenvalue weighted by Gasteiger charge is -2.33. The van der Waals surface area contributed by atoms with Crippen molar-refractivity contribution in [2.75, 3.05) is 37.6 Å². The number of hydrogen-bond donors (Lipinski definition) is 0. The van der Waals surface area contributed by atoms with Crippen molar-refractivity contribution >= 4 is 39.3 Å². The second kappa shape index (κ2) is 9.25. The van der Waals surface area contributed by atoms with Gasteiger partial charge in [-0.1, -0.05) is 25.1 Å². The summed E-state index contributed by atoms with van der Waals surface area (Å²) in [6.07, 6.45) is 0.851. The Balaban J connectivity index is 1.59. The van der Waals surface area contributed by atoms with Crippen LogP contribution in [0.3, 0.4) is 0 Å². The minimum atomic E-state index is -3.75. The van der Waals surface area contributed by atoms with E-state index in [1.54, 1.807) is 33.7 Å². The number of nitrogens with zero attached hydrogens (tertiary/aromatic N) is 3. The molecule has 0 spiro atoms. The fraction of sp³-hybridized carbons (Fsp3) is 0.391. The van der Waals surface area contributed by atoms with Crippen LogP contribution in [0.15, 0.2) is 58.3 Å². The number of thioether (sulfide) groups is 1. The molecule has 0 radical (unpaired) electrons. The molecule has 0 aliphatic carbocycles. The zero-order valence-electron chi connectivity index (χ0n) is 18.2. The lowest BCUT2D eigenvalue weighted by molar-refractivity contribution is -0.129. The molecule has 0 unspecified atom stereocenters. The smallest absolute Gasteiger partial charge is 0.258 e. The standard InChI is InChI=1S/C23H27N3O4S2/c1-17-10-11-26(21-8-3-4-9-22(21)31-17)23(28)19-6-5-7-20(16-19)32(29,30)25-14-12-24(13-15-25)18(2)27/h3-9,16-17H,10-15H2,1-2H3/t17-/m1/s1. The van der Waals surface area contributed by atoms with Crippen molar-refractivity contribution in [2.24, 2.45) is 0 Å². The molecule has 2 heterocycles. The molecule has 9 heteroatoms. The average Bonchev–Trinajstić information content (AvgIpc) is 2.97. The van der Waals surface area contributed by atoms with Crippen LogP contribution in [0.1, 0.15) is 30.6 Å². The van der Waals surface area contributed by atoms with E-state index in [0.29, 0.717) is 30.4 Å². The van der Waals surface area contributed by atoms with Gasteiger partial charge in [0.1, 0.15) is 0 Å². The van der Waals surface area contributed by atoms with Crippen LogP contribution in [0, 0.1) is 0 Å². The summed E-state index contributed by atoms with van der Waals surface area (Å²) in [5.41, 5.74) is 1.21. The van der Waals surface area contributed by atoms with Crippen LogP contribution >= 0.6 is 11.8 Å². The van der Waals surface area contributed by atoms with Crippen LogP contribution in [0.2, 0.25) is 0 Å². The van der Waals surface area contributed by atoms with E-state index >= 15 is 0 Å². The van der Waals surface area contributed by atoms with Gasteiger partial charge in [-0.15, -0.1) is 11.8 Å². The monoisotopic (exact) mass is 473 g/mol. The third kappa shape index (κ3) is 4.55. The molecule has 2 aromatic carbocycles. The van der Waals surface area contributed by atoms with E-state index in [-0.39, 0.29) is 29.8 Å². The summed E-state index contributed by atoms with van der Waals surface area (Å²) in [4.78, 5) is 29.6. The molecule has 0 bridgehead atoms. The average molecular weight is 474 g/mol. The van der Waals surface area contributed by atoms with Gasteiger partial charge in [0.05, 0.1) is 10.6 Å². The lowest BCUT2D eigenvalue weighted by atomic mass is 10.1. The summed E-state index contributed by atoms with van der Waals surface area (Å²) in [6.45, 7) is 5.44. The van der Waals surface area contributed by atoms with E-state index in [1.165, 1.54) is 23.4 Å². The normalized spacial score (nSPS) is 19.9. The van der Waals surface area contributed by atoms with Crippen LogP contribution in [0.4, 0.5) is 5.69 Å². The molecule has 7 nitrogen and oxygen atoms in total. The van der Waals surface area contributed by atoms with Crippen LogP contribution < -0.4 is 4.90 Å². The van der Waals surface area contributed by atoms with Gasteiger partial charge in [0.2, 0.25) is 15.9 Å². The fourth-order valence-electron chi connectivity index (χ4n) is 4.04. The Morgan fingerprint density at radius 1 is 0.969 bits per heavy atom. The number of fused-ring (bicyclic) bond motifs is 1. The molecule has 2 aliphatic heterocycles. The highest BCUT2D eigenvalue weighted by atomic mass is 32.2. The zero-order valence-corrected chi connectivity index (χ0v) is 19.9. The molecular weight excluding hydrogens is 446 g/mol. The van der Waals surface area contributed by atoms with Crippen molar-refractivity contribution in [1.82, 2.24) is 9.21 Å². The van der Waals surface area contributed by atoms with Crippen LogP contribution in [0.5, 0.6) is 0 Å². The molecule has 1 atom stereocenters. The number of hydrogen-bond acceptors (Lipinski definition) is 5. The first-order chi connectivity index (χ1) is 15.3. The first kappa shape index (κ1) is 22.8. The molecule has 1 fully saturated rings. The number of carbonyl (C=O) groups excluding carboxylic acids is 2. The maximum atomic E-state index is 13.5. The lowest BCUT2D eigenvalue weighted by Crippen LogP contribution is -2.49. The second-order valence-electron chi connectivity index (χ2n) is 8.08. The van der Waals surface area contributed by atoms with E-state index < -0.39 is 10.0 Å². The molecule has 2 amide bonds. The predicted octanol–water partition coefficient (Wildman–Crippen LogP) is 3.07. The third-order valence-corrected chi connectivity index (χ3v) is 9.02. The molecule has 170 valence electrons. The molecule has 2 aromatic rings. The van der Waals surface area contributed by atoms with Crippen molar-refractivity contribution in [3.05, 3.63) is 54.1 Å². The Hall–Kier alpha value is -2.36. The first-order valence-corrected chi connectivity index (χ1v) is 13.0. The highest BCUT2D eigenvalue weighted by Gasteiger charge is 2.31. The van der Waals surface area contributed by atoms with Crippen LogP contribution in [-0.2, 0) is 14.8 Å². The van der Waals surface area contributed by atoms with E-state index in [1.807, 2.05) is 24.3 Å². The molecule has 0 aromatic heterocycles. The molecule has 4 rings (SSSR count). The van der Waals surface area contributed by atoms with Gasteiger partial charge < -0.3 is 9.80 Å². The van der Waals surface area contributed by atoms with Gasteiger partial charge in [0.15, 0.2) is 0 Å². The van der Waals surface area contributed by atoms with Gasteiger partial charge in [-0.2, -0.15) is 4.31 Å². The minimum absolute atomic E-state index is 0.0557. The summed E-state index contributed by atoms with van der Waals surface area (Å²) in [6, 6.07) is 14.1. The van der Waals surface area contributed by atoms with Crippen molar-refractivity contribution in [1.29, 1.82) is 0 Å². The Bertz CT molecular complexity index is 1130. The maximum absolute atomic E-state index is 13.5. The SMILES string of the molecule is CC(=O)N1CCN(S(=O)(=O)c2cccc(C(=O)N3CC[C@@H](C)Sc4ccccc43)c2)CC1. The third-order valence-electron chi connectivity index (χ3n) is 5.89. The number of para-hydroxylation sites is 1. The molecule has 0 saturated carbocycles. The van der Waals surface area contributed by atoms with Crippen LogP contribution in [-0.4, -0.2) is 67.4 Å². The number of benzene rings is 2. The van der Waals surface area contributed by atoms with E-state index in [0.717, 1.165) is 17.0 Å². The Morgan fingerprint density at radius 2 is 1.69 bits per heavy atom. The Morgan fingerprint density at radius 3 is 2.41 bits per heavy atom. The Labute approximate surface area is 193 Å². The number of carbonyl (C=O) groups is 2. The second-order valence-corrected chi connectivity index (χ2v) is 11.5. The molecule has 2 aliphatic rings. The number of amides is 2. The maximum Gasteiger partial charge on any atom is 0.258 e. The molecule has 0 N–H and O–H groups in total. The summed E-state index contributed by atoms with van der Waals surface area (Å²) >= 11 is 1.75. The van der Waals surface area contributed by atoms with Crippen molar-refractivity contribution in [3.8, 4) is 0 Å². The largest absolute Gasteiger partial charge is 0.340 e. The van der Waals surface area contributed by atoms with E-state index in [2.05, 4.69) is 6.92 Å². The minimum Gasteiger partial charge on any atom is -0.340 e. The quantitative estimate of drug-likeness (QED) is 0.685. The number of anilines is 1. The summed E-state index contributed by atoms with van der Waals surface area (Å²) in [5.74, 6) is -0.259. The summed E-state index contributed by atoms with van der Waals surface area (Å²) < 4.78 is 27.8. The first-order valence-electron chi connectivity index (χ1n) is 10.7. The van der Waals surface area contributed by atoms with Crippen molar-refractivity contribution < 1.29 is 18.0 Å². The summed E-state index contributed by atoms with van der Waals surface area (Å²) in [7, 11) is -3.75. The van der Waals surface area contributed by atoms with E-state index in [9.17, 15) is 18.0 Å². The number of rotatable bonds is 3. The topological polar surface area (TPSA) is 78.0 Å². The predicted molar refractivity (Wildman–Crippen MR) is 126 cm³/mol. The highest BCUT2D eigenvalue weighted by Crippen LogP contribution is 2.38. The van der Waals surface area contributed by atoms with Gasteiger partial charge in [0, 0.05) is 55.4 Å².